The second kappa shape index (κ2) is 9.22. The van der Waals surface area contributed by atoms with Crippen molar-refractivity contribution in [2.45, 2.75) is 25.0 Å². The van der Waals surface area contributed by atoms with E-state index < -0.39 is 0 Å². The van der Waals surface area contributed by atoms with Gasteiger partial charge in [0.2, 0.25) is 5.91 Å². The van der Waals surface area contributed by atoms with Crippen LogP contribution in [0.4, 0.5) is 11.4 Å². The predicted molar refractivity (Wildman–Crippen MR) is 124 cm³/mol. The summed E-state index contributed by atoms with van der Waals surface area (Å²) in [5.41, 5.74) is 2.31. The minimum absolute atomic E-state index is 0.0239. The molecule has 0 aliphatic carbocycles. The highest BCUT2D eigenvalue weighted by molar-refractivity contribution is 7.99. The maximum absolute atomic E-state index is 12.6. The molecule has 1 aromatic heterocycles. The van der Waals surface area contributed by atoms with Gasteiger partial charge in [0.15, 0.2) is 17.6 Å². The summed E-state index contributed by atoms with van der Waals surface area (Å²) in [6, 6.07) is 12.4. The second-order valence-corrected chi connectivity index (χ2v) is 8.77. The van der Waals surface area contributed by atoms with E-state index >= 15 is 0 Å². The highest BCUT2D eigenvalue weighted by atomic mass is 35.5. The highest BCUT2D eigenvalue weighted by Gasteiger charge is 2.32. The second-order valence-electron chi connectivity index (χ2n) is 7.39. The smallest absolute Gasteiger partial charge is 0.265 e. The number of aromatic nitrogens is 3. The molecule has 0 unspecified atom stereocenters. The molecule has 0 spiro atoms. The van der Waals surface area contributed by atoms with Crippen molar-refractivity contribution in [2.24, 2.45) is 7.05 Å². The number of anilines is 2. The van der Waals surface area contributed by atoms with Crippen LogP contribution in [0.15, 0.2) is 47.6 Å². The van der Waals surface area contributed by atoms with E-state index in [9.17, 15) is 9.59 Å². The third kappa shape index (κ3) is 4.44. The summed E-state index contributed by atoms with van der Waals surface area (Å²) < 4.78 is 7.33. The van der Waals surface area contributed by atoms with Crippen molar-refractivity contribution in [1.29, 1.82) is 0 Å². The van der Waals surface area contributed by atoms with Crippen molar-refractivity contribution in [3.63, 3.8) is 0 Å². The molecular weight excluding hydrogens is 450 g/mol. The van der Waals surface area contributed by atoms with E-state index in [1.165, 1.54) is 11.8 Å². The van der Waals surface area contributed by atoms with Gasteiger partial charge >= 0.3 is 0 Å². The zero-order valence-electron chi connectivity index (χ0n) is 17.8. The molecule has 3 aromatic rings. The van der Waals surface area contributed by atoms with Crippen molar-refractivity contribution >= 4 is 46.6 Å². The van der Waals surface area contributed by atoms with Crippen LogP contribution in [0, 0.1) is 6.92 Å². The molecule has 32 heavy (non-hydrogen) atoms. The lowest BCUT2D eigenvalue weighted by atomic mass is 10.1. The van der Waals surface area contributed by atoms with Crippen molar-refractivity contribution in [2.75, 3.05) is 22.6 Å². The lowest BCUT2D eigenvalue weighted by molar-refractivity contribution is -0.121. The fourth-order valence-corrected chi connectivity index (χ4v) is 4.41. The molecule has 0 bridgehead atoms. The minimum Gasteiger partial charge on any atom is -0.482 e. The van der Waals surface area contributed by atoms with Gasteiger partial charge in [0.05, 0.1) is 17.5 Å². The summed E-state index contributed by atoms with van der Waals surface area (Å²) >= 11 is 7.29. The van der Waals surface area contributed by atoms with E-state index in [1.807, 2.05) is 51.2 Å². The Labute approximate surface area is 194 Å². The number of halogens is 1. The number of hydrogen-bond donors (Lipinski definition) is 1. The molecule has 2 amide bonds. The molecule has 0 saturated heterocycles. The number of carbonyl (C=O) groups is 2. The Morgan fingerprint density at radius 3 is 2.88 bits per heavy atom. The molecule has 1 aliphatic rings. The number of aryl methyl sites for hydroxylation is 1. The van der Waals surface area contributed by atoms with E-state index in [0.29, 0.717) is 33.1 Å². The zero-order chi connectivity index (χ0) is 22.8. The molecular formula is C22H22ClN5O3S. The Hall–Kier alpha value is -3.04. The normalized spacial score (nSPS) is 14.0. The number of fused-ring (bicyclic) bond motifs is 1. The summed E-state index contributed by atoms with van der Waals surface area (Å²) in [7, 11) is 1.82. The van der Waals surface area contributed by atoms with E-state index in [2.05, 4.69) is 15.5 Å². The van der Waals surface area contributed by atoms with E-state index in [0.717, 1.165) is 5.56 Å². The van der Waals surface area contributed by atoms with Crippen LogP contribution in [-0.2, 0) is 16.6 Å². The molecule has 0 fully saturated rings. The number of nitrogens with zero attached hydrogens (tertiary/aromatic N) is 4. The van der Waals surface area contributed by atoms with Gasteiger partial charge in [-0.05, 0) is 43.7 Å². The number of carbonyl (C=O) groups excluding carboxylic acids is 2. The minimum atomic E-state index is -0.359. The fourth-order valence-electron chi connectivity index (χ4n) is 3.52. The maximum atomic E-state index is 12.6. The number of rotatable bonds is 6. The highest BCUT2D eigenvalue weighted by Crippen LogP contribution is 2.37. The zero-order valence-corrected chi connectivity index (χ0v) is 19.4. The van der Waals surface area contributed by atoms with Gasteiger partial charge in [0.1, 0.15) is 5.75 Å². The van der Waals surface area contributed by atoms with Crippen LogP contribution in [0.3, 0.4) is 0 Å². The van der Waals surface area contributed by atoms with Gasteiger partial charge in [-0.25, -0.2) is 0 Å². The molecule has 1 aliphatic heterocycles. The SMILES string of the molecule is Cc1ccc(Cl)cc1NC(=O)CSc1nnc([C@@H](C)N2C(=O)COc3ccccc32)n1C. The Balaban J connectivity index is 1.46. The van der Waals surface area contributed by atoms with Gasteiger partial charge in [0.25, 0.3) is 5.91 Å². The van der Waals surface area contributed by atoms with Crippen LogP contribution < -0.4 is 15.0 Å². The topological polar surface area (TPSA) is 89.3 Å². The number of nitrogens with one attached hydrogen (secondary N) is 1. The monoisotopic (exact) mass is 471 g/mol. The quantitative estimate of drug-likeness (QED) is 0.547. The molecule has 4 rings (SSSR count). The van der Waals surface area contributed by atoms with Crippen molar-refractivity contribution in [3.8, 4) is 5.75 Å². The third-order valence-corrected chi connectivity index (χ3v) is 6.44. The van der Waals surface area contributed by atoms with Crippen LogP contribution in [0.5, 0.6) is 5.75 Å². The number of para-hydroxylation sites is 2. The molecule has 2 heterocycles. The largest absolute Gasteiger partial charge is 0.482 e. The molecule has 10 heteroatoms. The van der Waals surface area contributed by atoms with Crippen LogP contribution >= 0.6 is 23.4 Å². The van der Waals surface area contributed by atoms with Crippen LogP contribution in [0.2, 0.25) is 5.02 Å². The van der Waals surface area contributed by atoms with E-state index in [-0.39, 0.29) is 30.2 Å². The van der Waals surface area contributed by atoms with E-state index in [4.69, 9.17) is 16.3 Å². The summed E-state index contributed by atoms with van der Waals surface area (Å²) in [5.74, 6) is 1.11. The maximum Gasteiger partial charge on any atom is 0.265 e. The van der Waals surface area contributed by atoms with Crippen molar-refractivity contribution in [3.05, 3.63) is 58.9 Å². The van der Waals surface area contributed by atoms with Gasteiger partial charge in [-0.2, -0.15) is 0 Å². The first-order valence-corrected chi connectivity index (χ1v) is 11.3. The molecule has 166 valence electrons. The lowest BCUT2D eigenvalue weighted by Crippen LogP contribution is -2.41. The lowest BCUT2D eigenvalue weighted by Gasteiger charge is -2.33. The molecule has 1 N–H and O–H groups in total. The van der Waals surface area contributed by atoms with Crippen molar-refractivity contribution < 1.29 is 14.3 Å². The number of benzene rings is 2. The molecule has 2 aromatic carbocycles. The van der Waals surface area contributed by atoms with Gasteiger partial charge < -0.3 is 14.6 Å². The standard InChI is InChI=1S/C22H22ClN5O3S/c1-13-8-9-15(23)10-16(13)24-19(29)12-32-22-26-25-21(27(22)3)14(2)28-17-6-4-5-7-18(17)31-11-20(28)30/h4-10,14H,11-12H2,1-3H3,(H,24,29)/t14-/m1/s1. The van der Waals surface area contributed by atoms with Gasteiger partial charge in [-0.1, -0.05) is 41.6 Å². The Morgan fingerprint density at radius 2 is 2.06 bits per heavy atom. The predicted octanol–water partition coefficient (Wildman–Crippen LogP) is 3.99. The number of thioether (sulfide) groups is 1. The first-order valence-electron chi connectivity index (χ1n) is 9.97. The first kappa shape index (κ1) is 22.2. The average molecular weight is 472 g/mol. The number of amides is 2. The summed E-state index contributed by atoms with van der Waals surface area (Å²) in [6.07, 6.45) is 0. The fraction of sp³-hybridized carbons (Fsp3) is 0.273. The van der Waals surface area contributed by atoms with Crippen LogP contribution in [0.25, 0.3) is 0 Å². The van der Waals surface area contributed by atoms with Crippen LogP contribution in [0.1, 0.15) is 24.4 Å². The van der Waals surface area contributed by atoms with Gasteiger partial charge in [0, 0.05) is 17.8 Å². The molecule has 0 saturated carbocycles. The molecule has 0 radical (unpaired) electrons. The average Bonchev–Trinajstić information content (AvgIpc) is 3.14. The van der Waals surface area contributed by atoms with Gasteiger partial charge in [-0.3, -0.25) is 14.5 Å². The van der Waals surface area contributed by atoms with Crippen molar-refractivity contribution in [1.82, 2.24) is 14.8 Å². The number of ether oxygens (including phenoxy) is 1. The summed E-state index contributed by atoms with van der Waals surface area (Å²) in [4.78, 5) is 26.7. The number of hydrogen-bond acceptors (Lipinski definition) is 6. The Kier molecular flexibility index (Phi) is 6.38. The summed E-state index contributed by atoms with van der Waals surface area (Å²) in [5, 5.41) is 12.5. The Bertz CT molecular complexity index is 1180. The third-order valence-electron chi connectivity index (χ3n) is 5.18. The molecule has 8 nitrogen and oxygen atoms in total. The first-order chi connectivity index (χ1) is 15.3. The molecule has 1 atom stereocenters. The van der Waals surface area contributed by atoms with Gasteiger partial charge in [-0.15, -0.1) is 10.2 Å². The summed E-state index contributed by atoms with van der Waals surface area (Å²) in [6.45, 7) is 3.78. The van der Waals surface area contributed by atoms with E-state index in [1.54, 1.807) is 21.6 Å². The Morgan fingerprint density at radius 1 is 1.28 bits per heavy atom. The van der Waals surface area contributed by atoms with Crippen LogP contribution in [-0.4, -0.2) is 38.9 Å².